The van der Waals surface area contributed by atoms with Crippen molar-refractivity contribution in [2.45, 2.75) is 6.92 Å². The molecule has 0 aliphatic rings. The van der Waals surface area contributed by atoms with Gasteiger partial charge >= 0.3 is 0 Å². The largest absolute Gasteiger partial charge is 0.490 e. The second-order valence-corrected chi connectivity index (χ2v) is 7.10. The molecule has 3 rings (SSSR count). The van der Waals surface area contributed by atoms with Crippen LogP contribution < -0.4 is 9.47 Å². The highest BCUT2D eigenvalue weighted by Gasteiger charge is 2.09. The molecule has 3 aromatic carbocycles. The van der Waals surface area contributed by atoms with Crippen molar-refractivity contribution < 1.29 is 14.4 Å². The Morgan fingerprint density at radius 2 is 1.74 bits per heavy atom. The van der Waals surface area contributed by atoms with Crippen LogP contribution in [-0.2, 0) is 0 Å². The third-order valence-electron chi connectivity index (χ3n) is 4.41. The number of nitro benzene ring substituents is 1. The number of ether oxygens (including phenoxy) is 2. The van der Waals surface area contributed by atoms with E-state index in [4.69, 9.17) is 21.1 Å². The number of rotatable bonds is 8. The standard InChI is InChI=1S/C24H19ClN2O4/c1-17-2-9-23(10-3-17)30-12-13-31-24-11-6-21(25)15-19(24)14-20(16-26)18-4-7-22(8-5-18)27(28)29/h2-11,14-15H,12-13H2,1H3/b20-14+. The zero-order valence-electron chi connectivity index (χ0n) is 16.7. The molecule has 6 nitrogen and oxygen atoms in total. The topological polar surface area (TPSA) is 85.4 Å². The molecule has 0 saturated carbocycles. The van der Waals surface area contributed by atoms with Crippen LogP contribution in [0.1, 0.15) is 16.7 Å². The minimum absolute atomic E-state index is 0.0404. The van der Waals surface area contributed by atoms with Gasteiger partial charge in [-0.3, -0.25) is 10.1 Å². The summed E-state index contributed by atoms with van der Waals surface area (Å²) in [5, 5.41) is 20.9. The Morgan fingerprint density at radius 3 is 2.39 bits per heavy atom. The van der Waals surface area contributed by atoms with Gasteiger partial charge in [0.15, 0.2) is 0 Å². The van der Waals surface area contributed by atoms with Gasteiger partial charge in [0.05, 0.1) is 16.6 Å². The molecule has 0 fully saturated rings. The zero-order chi connectivity index (χ0) is 22.2. The van der Waals surface area contributed by atoms with Crippen molar-refractivity contribution >= 4 is 28.9 Å². The molecule has 0 radical (unpaired) electrons. The van der Waals surface area contributed by atoms with Gasteiger partial charge in [-0.05, 0) is 61.0 Å². The quantitative estimate of drug-likeness (QED) is 0.141. The third kappa shape index (κ3) is 6.08. The lowest BCUT2D eigenvalue weighted by Gasteiger charge is -2.11. The monoisotopic (exact) mass is 434 g/mol. The van der Waals surface area contributed by atoms with Crippen LogP contribution in [0, 0.1) is 28.4 Å². The van der Waals surface area contributed by atoms with Gasteiger partial charge in [-0.2, -0.15) is 5.26 Å². The Hall–Kier alpha value is -3.82. The number of benzene rings is 3. The van der Waals surface area contributed by atoms with Gasteiger partial charge in [-0.25, -0.2) is 0 Å². The molecule has 0 saturated heterocycles. The van der Waals surface area contributed by atoms with Crippen LogP contribution >= 0.6 is 11.6 Å². The summed E-state index contributed by atoms with van der Waals surface area (Å²) in [6.07, 6.45) is 1.64. The number of allylic oxidation sites excluding steroid dienone is 1. The van der Waals surface area contributed by atoms with E-state index in [1.165, 1.54) is 24.3 Å². The maximum Gasteiger partial charge on any atom is 0.269 e. The molecule has 0 N–H and O–H groups in total. The fourth-order valence-electron chi connectivity index (χ4n) is 2.81. The van der Waals surface area contributed by atoms with E-state index in [2.05, 4.69) is 6.07 Å². The zero-order valence-corrected chi connectivity index (χ0v) is 17.5. The van der Waals surface area contributed by atoms with E-state index in [0.29, 0.717) is 40.7 Å². The molecule has 0 aromatic heterocycles. The fraction of sp³-hybridized carbons (Fsp3) is 0.125. The number of hydrogen-bond acceptors (Lipinski definition) is 5. The average molecular weight is 435 g/mol. The van der Waals surface area contributed by atoms with Crippen LogP contribution in [0.5, 0.6) is 11.5 Å². The van der Waals surface area contributed by atoms with Crippen molar-refractivity contribution in [3.05, 3.63) is 98.6 Å². The third-order valence-corrected chi connectivity index (χ3v) is 4.65. The summed E-state index contributed by atoms with van der Waals surface area (Å²) in [5.41, 5.74) is 2.63. The van der Waals surface area contributed by atoms with Gasteiger partial charge in [-0.1, -0.05) is 29.3 Å². The molecular weight excluding hydrogens is 416 g/mol. The van der Waals surface area contributed by atoms with Gasteiger partial charge in [0.2, 0.25) is 0 Å². The highest BCUT2D eigenvalue weighted by atomic mass is 35.5. The Morgan fingerprint density at radius 1 is 1.06 bits per heavy atom. The van der Waals surface area contributed by atoms with Crippen molar-refractivity contribution in [3.8, 4) is 17.6 Å². The number of nitrogens with zero attached hydrogens (tertiary/aromatic N) is 2. The molecule has 7 heteroatoms. The maximum absolute atomic E-state index is 10.8. The number of non-ortho nitro benzene ring substituents is 1. The Balaban J connectivity index is 1.74. The first-order chi connectivity index (χ1) is 15.0. The summed E-state index contributed by atoms with van der Waals surface area (Å²) in [7, 11) is 0. The minimum atomic E-state index is -0.485. The van der Waals surface area contributed by atoms with Crippen LogP contribution in [0.15, 0.2) is 66.7 Å². The number of nitro groups is 1. The summed E-state index contributed by atoms with van der Waals surface area (Å²) >= 11 is 6.13. The summed E-state index contributed by atoms with van der Waals surface area (Å²) in [4.78, 5) is 10.4. The number of halogens is 1. The summed E-state index contributed by atoms with van der Waals surface area (Å²) in [6.45, 7) is 2.66. The van der Waals surface area contributed by atoms with E-state index in [-0.39, 0.29) is 5.69 Å². The molecule has 0 heterocycles. The Bertz CT molecular complexity index is 1130. The van der Waals surface area contributed by atoms with E-state index in [0.717, 1.165) is 11.3 Å². The first-order valence-corrected chi connectivity index (χ1v) is 9.82. The molecule has 0 unspecified atom stereocenters. The second kappa shape index (κ2) is 10.3. The molecule has 0 aliphatic carbocycles. The number of hydrogen-bond donors (Lipinski definition) is 0. The molecule has 0 amide bonds. The van der Waals surface area contributed by atoms with Crippen molar-refractivity contribution in [3.63, 3.8) is 0 Å². The Labute approximate surface area is 185 Å². The van der Waals surface area contributed by atoms with Gasteiger partial charge < -0.3 is 9.47 Å². The number of nitriles is 1. The highest BCUT2D eigenvalue weighted by Crippen LogP contribution is 2.28. The van der Waals surface area contributed by atoms with Crippen LogP contribution in [0.2, 0.25) is 5.02 Å². The van der Waals surface area contributed by atoms with E-state index >= 15 is 0 Å². The Kier molecular flexibility index (Phi) is 7.26. The minimum Gasteiger partial charge on any atom is -0.490 e. The summed E-state index contributed by atoms with van der Waals surface area (Å²) in [6, 6.07) is 20.8. The molecule has 0 aliphatic heterocycles. The lowest BCUT2D eigenvalue weighted by molar-refractivity contribution is -0.384. The molecule has 0 spiro atoms. The first-order valence-electron chi connectivity index (χ1n) is 9.45. The van der Waals surface area contributed by atoms with Gasteiger partial charge in [0.25, 0.3) is 5.69 Å². The normalized spacial score (nSPS) is 10.9. The molecule has 156 valence electrons. The number of aryl methyl sites for hydroxylation is 1. The van der Waals surface area contributed by atoms with E-state index in [1.807, 2.05) is 31.2 Å². The molecule has 0 atom stereocenters. The van der Waals surface area contributed by atoms with Crippen LogP contribution in [0.4, 0.5) is 5.69 Å². The van der Waals surface area contributed by atoms with Crippen molar-refractivity contribution in [2.75, 3.05) is 13.2 Å². The summed E-state index contributed by atoms with van der Waals surface area (Å²) in [5.74, 6) is 1.31. The van der Waals surface area contributed by atoms with Crippen LogP contribution in [0.3, 0.4) is 0 Å². The average Bonchev–Trinajstić information content (AvgIpc) is 2.77. The maximum atomic E-state index is 10.8. The van der Waals surface area contributed by atoms with E-state index < -0.39 is 4.92 Å². The molecule has 3 aromatic rings. The second-order valence-electron chi connectivity index (χ2n) is 6.67. The van der Waals surface area contributed by atoms with E-state index in [9.17, 15) is 15.4 Å². The van der Waals surface area contributed by atoms with Gasteiger partial charge in [0, 0.05) is 22.7 Å². The highest BCUT2D eigenvalue weighted by molar-refractivity contribution is 6.30. The molecule has 31 heavy (non-hydrogen) atoms. The van der Waals surface area contributed by atoms with Crippen molar-refractivity contribution in [1.82, 2.24) is 0 Å². The lowest BCUT2D eigenvalue weighted by atomic mass is 10.0. The molecule has 0 bridgehead atoms. The fourth-order valence-corrected chi connectivity index (χ4v) is 2.99. The summed E-state index contributed by atoms with van der Waals surface area (Å²) < 4.78 is 11.5. The lowest BCUT2D eigenvalue weighted by Crippen LogP contribution is -2.09. The predicted octanol–water partition coefficient (Wildman–Crippen LogP) is 6.08. The first kappa shape index (κ1) is 21.9. The van der Waals surface area contributed by atoms with Gasteiger partial charge in [0.1, 0.15) is 24.7 Å². The van der Waals surface area contributed by atoms with Crippen LogP contribution in [0.25, 0.3) is 11.6 Å². The van der Waals surface area contributed by atoms with Gasteiger partial charge in [-0.15, -0.1) is 0 Å². The van der Waals surface area contributed by atoms with Crippen LogP contribution in [-0.4, -0.2) is 18.1 Å². The van der Waals surface area contributed by atoms with Crippen molar-refractivity contribution in [1.29, 1.82) is 5.26 Å². The molecular formula is C24H19ClN2O4. The smallest absolute Gasteiger partial charge is 0.269 e. The van der Waals surface area contributed by atoms with E-state index in [1.54, 1.807) is 24.3 Å². The van der Waals surface area contributed by atoms with Crippen molar-refractivity contribution in [2.24, 2.45) is 0 Å². The predicted molar refractivity (Wildman–Crippen MR) is 120 cm³/mol. The SMILES string of the molecule is Cc1ccc(OCCOc2ccc(Cl)cc2/C=C(\C#N)c2ccc([N+](=O)[O-])cc2)cc1.